The fourth-order valence-electron chi connectivity index (χ4n) is 2.89. The highest BCUT2D eigenvalue weighted by atomic mass is 19.3. The molecule has 1 aliphatic carbocycles. The molecule has 1 aliphatic rings. The summed E-state index contributed by atoms with van der Waals surface area (Å²) >= 11 is 0. The van der Waals surface area contributed by atoms with E-state index in [2.05, 4.69) is 10.1 Å². The van der Waals surface area contributed by atoms with Gasteiger partial charge in [0, 0.05) is 11.1 Å². The van der Waals surface area contributed by atoms with Crippen molar-refractivity contribution >= 4 is 5.65 Å². The highest BCUT2D eigenvalue weighted by molar-refractivity contribution is 5.65. The minimum atomic E-state index is -2.59. The number of alkyl halides is 2. The first-order chi connectivity index (χ1) is 11.0. The first-order valence-corrected chi connectivity index (χ1v) is 7.79. The fourth-order valence-corrected chi connectivity index (χ4v) is 2.89. The molecule has 2 aromatic heterocycles. The summed E-state index contributed by atoms with van der Waals surface area (Å²) in [5.41, 5.74) is 5.19. The van der Waals surface area contributed by atoms with Gasteiger partial charge in [0.25, 0.3) is 6.43 Å². The lowest BCUT2D eigenvalue weighted by atomic mass is 10.0. The van der Waals surface area contributed by atoms with Gasteiger partial charge < -0.3 is 0 Å². The van der Waals surface area contributed by atoms with Crippen molar-refractivity contribution in [1.29, 1.82) is 0 Å². The SMILES string of the molecule is Cc1ccc(-c2cc(C(F)F)n3ncc(C4CC4)c3n2)cc1C. The van der Waals surface area contributed by atoms with Gasteiger partial charge in [0.1, 0.15) is 5.69 Å². The van der Waals surface area contributed by atoms with Crippen molar-refractivity contribution in [2.45, 2.75) is 39.0 Å². The van der Waals surface area contributed by atoms with Crippen LogP contribution in [0.25, 0.3) is 16.9 Å². The van der Waals surface area contributed by atoms with Crippen LogP contribution in [-0.4, -0.2) is 14.6 Å². The topological polar surface area (TPSA) is 30.2 Å². The number of aryl methyl sites for hydroxylation is 2. The lowest BCUT2D eigenvalue weighted by Crippen LogP contribution is -2.03. The van der Waals surface area contributed by atoms with E-state index in [4.69, 9.17) is 0 Å². The van der Waals surface area contributed by atoms with Crippen LogP contribution < -0.4 is 0 Å². The number of benzene rings is 1. The molecular formula is C18H17F2N3. The van der Waals surface area contributed by atoms with E-state index in [-0.39, 0.29) is 5.69 Å². The molecule has 0 aliphatic heterocycles. The second kappa shape index (κ2) is 5.11. The zero-order valence-electron chi connectivity index (χ0n) is 13.1. The number of hydrogen-bond donors (Lipinski definition) is 0. The van der Waals surface area contributed by atoms with E-state index in [0.717, 1.165) is 29.5 Å². The van der Waals surface area contributed by atoms with E-state index < -0.39 is 6.43 Å². The van der Waals surface area contributed by atoms with Gasteiger partial charge >= 0.3 is 0 Å². The van der Waals surface area contributed by atoms with Gasteiger partial charge in [0.05, 0.1) is 11.9 Å². The number of aromatic nitrogens is 3. The van der Waals surface area contributed by atoms with Crippen LogP contribution in [0, 0.1) is 13.8 Å². The minimum absolute atomic E-state index is 0.102. The first-order valence-electron chi connectivity index (χ1n) is 7.79. The number of rotatable bonds is 3. The summed E-state index contributed by atoms with van der Waals surface area (Å²) in [6, 6.07) is 7.38. The lowest BCUT2D eigenvalue weighted by molar-refractivity contribution is 0.143. The molecule has 0 N–H and O–H groups in total. The van der Waals surface area contributed by atoms with Crippen molar-refractivity contribution in [3.8, 4) is 11.3 Å². The Balaban J connectivity index is 1.95. The predicted molar refractivity (Wildman–Crippen MR) is 84.8 cm³/mol. The maximum Gasteiger partial charge on any atom is 0.280 e. The van der Waals surface area contributed by atoms with Gasteiger partial charge in [-0.15, -0.1) is 0 Å². The number of nitrogens with zero attached hydrogens (tertiary/aromatic N) is 3. The van der Waals surface area contributed by atoms with Crippen molar-refractivity contribution < 1.29 is 8.78 Å². The van der Waals surface area contributed by atoms with E-state index in [1.54, 1.807) is 6.20 Å². The summed E-state index contributed by atoms with van der Waals surface area (Å²) in [6.07, 6.45) is 1.27. The molecule has 5 heteroatoms. The highest BCUT2D eigenvalue weighted by Crippen LogP contribution is 2.42. The monoisotopic (exact) mass is 313 g/mol. The molecule has 0 spiro atoms. The quantitative estimate of drug-likeness (QED) is 0.693. The van der Waals surface area contributed by atoms with E-state index in [1.807, 2.05) is 32.0 Å². The second-order valence-corrected chi connectivity index (χ2v) is 6.28. The number of halogens is 2. The Morgan fingerprint density at radius 1 is 1.13 bits per heavy atom. The molecule has 2 heterocycles. The van der Waals surface area contributed by atoms with Crippen molar-refractivity contribution in [2.75, 3.05) is 0 Å². The summed E-state index contributed by atoms with van der Waals surface area (Å²) in [5, 5.41) is 4.14. The molecule has 1 aromatic carbocycles. The van der Waals surface area contributed by atoms with Gasteiger partial charge in [-0.05, 0) is 55.9 Å². The van der Waals surface area contributed by atoms with E-state index in [0.29, 0.717) is 17.3 Å². The molecule has 0 radical (unpaired) electrons. The van der Waals surface area contributed by atoms with Crippen LogP contribution in [-0.2, 0) is 0 Å². The third kappa shape index (κ3) is 2.40. The Bertz CT molecular complexity index is 895. The Morgan fingerprint density at radius 3 is 2.57 bits per heavy atom. The van der Waals surface area contributed by atoms with Gasteiger partial charge in [-0.2, -0.15) is 5.10 Å². The third-order valence-electron chi connectivity index (χ3n) is 4.57. The van der Waals surface area contributed by atoms with Crippen LogP contribution in [0.2, 0.25) is 0 Å². The van der Waals surface area contributed by atoms with Crippen molar-refractivity contribution in [3.05, 3.63) is 52.8 Å². The Morgan fingerprint density at radius 2 is 1.91 bits per heavy atom. The average molecular weight is 313 g/mol. The van der Waals surface area contributed by atoms with E-state index in [9.17, 15) is 8.78 Å². The highest BCUT2D eigenvalue weighted by Gasteiger charge is 2.29. The Labute approximate surface area is 133 Å². The van der Waals surface area contributed by atoms with Crippen molar-refractivity contribution in [1.82, 2.24) is 14.6 Å². The Kier molecular flexibility index (Phi) is 3.18. The minimum Gasteiger partial charge on any atom is -0.228 e. The second-order valence-electron chi connectivity index (χ2n) is 6.28. The van der Waals surface area contributed by atoms with Crippen LogP contribution in [0.1, 0.15) is 47.6 Å². The van der Waals surface area contributed by atoms with Gasteiger partial charge in [-0.25, -0.2) is 18.3 Å². The molecule has 1 fully saturated rings. The Hall–Kier alpha value is -2.30. The summed E-state index contributed by atoms with van der Waals surface area (Å²) in [7, 11) is 0. The molecule has 0 bridgehead atoms. The average Bonchev–Trinajstić information content (AvgIpc) is 3.28. The number of fused-ring (bicyclic) bond motifs is 1. The lowest BCUT2D eigenvalue weighted by Gasteiger charge is -2.10. The first kappa shape index (κ1) is 14.3. The predicted octanol–water partition coefficient (Wildman–Crippen LogP) is 4.83. The standard InChI is InChI=1S/C18H17F2N3/c1-10-3-4-13(7-11(10)2)15-8-16(17(19)20)23-18(22-15)14(9-21-23)12-5-6-12/h3-4,7-9,12,17H,5-6H2,1-2H3. The van der Waals surface area contributed by atoms with Crippen LogP contribution in [0.3, 0.4) is 0 Å². The normalized spacial score (nSPS) is 14.8. The molecule has 0 saturated heterocycles. The van der Waals surface area contributed by atoms with Gasteiger partial charge in [-0.1, -0.05) is 12.1 Å². The molecule has 23 heavy (non-hydrogen) atoms. The van der Waals surface area contributed by atoms with Crippen LogP contribution in [0.15, 0.2) is 30.5 Å². The summed E-state index contributed by atoms with van der Waals surface area (Å²) in [4.78, 5) is 4.65. The third-order valence-corrected chi connectivity index (χ3v) is 4.57. The molecule has 0 unspecified atom stereocenters. The van der Waals surface area contributed by atoms with Crippen LogP contribution >= 0.6 is 0 Å². The fraction of sp³-hybridized carbons (Fsp3) is 0.333. The summed E-state index contributed by atoms with van der Waals surface area (Å²) < 4.78 is 28.2. The molecule has 3 nitrogen and oxygen atoms in total. The zero-order chi connectivity index (χ0) is 16.1. The van der Waals surface area contributed by atoms with Gasteiger partial charge in [-0.3, -0.25) is 0 Å². The molecule has 1 saturated carbocycles. The van der Waals surface area contributed by atoms with E-state index >= 15 is 0 Å². The molecule has 0 atom stereocenters. The largest absolute Gasteiger partial charge is 0.280 e. The molecule has 4 rings (SSSR count). The van der Waals surface area contributed by atoms with Crippen molar-refractivity contribution in [2.24, 2.45) is 0 Å². The van der Waals surface area contributed by atoms with Crippen LogP contribution in [0.5, 0.6) is 0 Å². The molecule has 0 amide bonds. The van der Waals surface area contributed by atoms with Gasteiger partial charge in [0.15, 0.2) is 5.65 Å². The molecule has 118 valence electrons. The summed E-state index contributed by atoms with van der Waals surface area (Å²) in [6.45, 7) is 4.04. The van der Waals surface area contributed by atoms with E-state index in [1.165, 1.54) is 16.1 Å². The van der Waals surface area contributed by atoms with Crippen LogP contribution in [0.4, 0.5) is 8.78 Å². The van der Waals surface area contributed by atoms with Crippen molar-refractivity contribution in [3.63, 3.8) is 0 Å². The summed E-state index contributed by atoms with van der Waals surface area (Å²) in [5.74, 6) is 0.417. The smallest absolute Gasteiger partial charge is 0.228 e. The zero-order valence-corrected chi connectivity index (χ0v) is 13.1. The molecular weight excluding hydrogens is 296 g/mol. The number of hydrogen-bond acceptors (Lipinski definition) is 2. The maximum atomic E-state index is 13.5. The molecule has 3 aromatic rings. The maximum absolute atomic E-state index is 13.5. The van der Waals surface area contributed by atoms with Gasteiger partial charge in [0.2, 0.25) is 0 Å².